The van der Waals surface area contributed by atoms with Crippen LogP contribution in [0.1, 0.15) is 31.9 Å². The molecule has 0 unspecified atom stereocenters. The fraction of sp³-hybridized carbons (Fsp3) is 0.192. The van der Waals surface area contributed by atoms with Gasteiger partial charge < -0.3 is 0 Å². The summed E-state index contributed by atoms with van der Waals surface area (Å²) in [6, 6.07) is 34.1. The molecule has 0 aromatic heterocycles. The SMILES string of the molecule is CC(C)(C)[C@H]1N(C#Cc2ccccc2)C(c2ccccc2)=NN1c1ccccc1. The first kappa shape index (κ1) is 18.8. The monoisotopic (exact) mass is 379 g/mol. The number of para-hydroxylation sites is 1. The van der Waals surface area contributed by atoms with Crippen LogP contribution in [-0.2, 0) is 0 Å². The normalized spacial score (nSPS) is 16.2. The molecule has 1 aliphatic rings. The number of benzene rings is 3. The van der Waals surface area contributed by atoms with Gasteiger partial charge in [0.15, 0.2) is 5.84 Å². The summed E-state index contributed by atoms with van der Waals surface area (Å²) in [6.07, 6.45) is -0.0312. The van der Waals surface area contributed by atoms with E-state index in [2.05, 4.69) is 66.9 Å². The predicted octanol–water partition coefficient (Wildman–Crippen LogP) is 5.55. The Kier molecular flexibility index (Phi) is 5.10. The lowest BCUT2D eigenvalue weighted by atomic mass is 9.90. The molecule has 0 bridgehead atoms. The van der Waals surface area contributed by atoms with E-state index in [9.17, 15) is 0 Å². The van der Waals surface area contributed by atoms with Crippen LogP contribution in [0.25, 0.3) is 0 Å². The van der Waals surface area contributed by atoms with Crippen LogP contribution >= 0.6 is 0 Å². The molecule has 0 aliphatic carbocycles. The van der Waals surface area contributed by atoms with Crippen LogP contribution in [0.2, 0.25) is 0 Å². The van der Waals surface area contributed by atoms with Crippen molar-refractivity contribution < 1.29 is 0 Å². The van der Waals surface area contributed by atoms with Crippen molar-refractivity contribution in [1.82, 2.24) is 4.90 Å². The van der Waals surface area contributed by atoms with Crippen molar-refractivity contribution in [1.29, 1.82) is 0 Å². The Morgan fingerprint density at radius 2 is 1.31 bits per heavy atom. The maximum atomic E-state index is 5.04. The molecule has 4 rings (SSSR count). The summed E-state index contributed by atoms with van der Waals surface area (Å²) >= 11 is 0. The van der Waals surface area contributed by atoms with Gasteiger partial charge in [-0.25, -0.2) is 5.01 Å². The molecule has 3 nitrogen and oxygen atoms in total. The molecule has 0 spiro atoms. The van der Waals surface area contributed by atoms with Crippen molar-refractivity contribution in [2.45, 2.75) is 26.9 Å². The van der Waals surface area contributed by atoms with E-state index in [1.54, 1.807) is 0 Å². The summed E-state index contributed by atoms with van der Waals surface area (Å²) < 4.78 is 0. The lowest BCUT2D eigenvalue weighted by molar-refractivity contribution is 0.225. The fourth-order valence-electron chi connectivity index (χ4n) is 3.51. The summed E-state index contributed by atoms with van der Waals surface area (Å²) in [4.78, 5) is 2.12. The van der Waals surface area contributed by atoms with Gasteiger partial charge in [-0.3, -0.25) is 4.90 Å². The third-order valence-corrected chi connectivity index (χ3v) is 4.83. The third-order valence-electron chi connectivity index (χ3n) is 4.83. The van der Waals surface area contributed by atoms with Crippen LogP contribution < -0.4 is 5.01 Å². The van der Waals surface area contributed by atoms with Gasteiger partial charge in [0.2, 0.25) is 0 Å². The second-order valence-corrected chi connectivity index (χ2v) is 8.18. The van der Waals surface area contributed by atoms with E-state index in [0.717, 1.165) is 22.6 Å². The highest BCUT2D eigenvalue weighted by molar-refractivity contribution is 6.02. The first-order chi connectivity index (χ1) is 14.0. The second kappa shape index (κ2) is 7.85. The Hall–Kier alpha value is -3.51. The summed E-state index contributed by atoms with van der Waals surface area (Å²) in [5.74, 6) is 4.20. The highest BCUT2D eigenvalue weighted by Crippen LogP contribution is 2.36. The average molecular weight is 380 g/mol. The molecule has 3 aromatic carbocycles. The van der Waals surface area contributed by atoms with Gasteiger partial charge in [-0.2, -0.15) is 5.10 Å². The Morgan fingerprint density at radius 3 is 1.90 bits per heavy atom. The van der Waals surface area contributed by atoms with Gasteiger partial charge in [0.1, 0.15) is 6.17 Å². The van der Waals surface area contributed by atoms with E-state index in [1.165, 1.54) is 0 Å². The van der Waals surface area contributed by atoms with E-state index in [1.807, 2.05) is 66.7 Å². The Bertz CT molecular complexity index is 1040. The molecule has 0 saturated heterocycles. The van der Waals surface area contributed by atoms with Crippen molar-refractivity contribution >= 4 is 11.5 Å². The van der Waals surface area contributed by atoms with Crippen molar-refractivity contribution in [3.8, 4) is 12.0 Å². The van der Waals surface area contributed by atoms with E-state index in [-0.39, 0.29) is 11.6 Å². The Morgan fingerprint density at radius 1 is 0.759 bits per heavy atom. The minimum absolute atomic E-state index is 0.0312. The minimum Gasteiger partial charge on any atom is -0.259 e. The number of hydrogen-bond donors (Lipinski definition) is 0. The molecule has 0 N–H and O–H groups in total. The number of hydrogen-bond acceptors (Lipinski definition) is 3. The van der Waals surface area contributed by atoms with E-state index >= 15 is 0 Å². The van der Waals surface area contributed by atoms with E-state index in [4.69, 9.17) is 5.10 Å². The van der Waals surface area contributed by atoms with Gasteiger partial charge >= 0.3 is 0 Å². The molecule has 0 radical (unpaired) electrons. The Balaban J connectivity index is 1.84. The summed E-state index contributed by atoms with van der Waals surface area (Å²) in [5.41, 5.74) is 3.03. The fourth-order valence-corrected chi connectivity index (χ4v) is 3.51. The summed E-state index contributed by atoms with van der Waals surface area (Å²) in [5, 5.41) is 7.14. The zero-order valence-corrected chi connectivity index (χ0v) is 17.1. The topological polar surface area (TPSA) is 18.8 Å². The first-order valence-electron chi connectivity index (χ1n) is 9.88. The zero-order valence-electron chi connectivity index (χ0n) is 17.1. The van der Waals surface area contributed by atoms with Crippen molar-refractivity contribution in [3.63, 3.8) is 0 Å². The van der Waals surface area contributed by atoms with Crippen LogP contribution in [0.3, 0.4) is 0 Å². The summed E-state index contributed by atoms with van der Waals surface area (Å²) in [6.45, 7) is 6.69. The highest BCUT2D eigenvalue weighted by atomic mass is 15.6. The maximum Gasteiger partial charge on any atom is 0.169 e. The molecule has 3 heteroatoms. The van der Waals surface area contributed by atoms with E-state index < -0.39 is 0 Å². The quantitative estimate of drug-likeness (QED) is 0.544. The molecule has 3 aromatic rings. The third kappa shape index (κ3) is 4.02. The maximum absolute atomic E-state index is 5.04. The molecular formula is C26H25N3. The molecule has 0 fully saturated rings. The molecule has 1 atom stereocenters. The first-order valence-corrected chi connectivity index (χ1v) is 9.88. The zero-order chi connectivity index (χ0) is 20.3. The molecule has 1 aliphatic heterocycles. The molecule has 0 saturated carbocycles. The number of amidine groups is 1. The van der Waals surface area contributed by atoms with Gasteiger partial charge in [0.25, 0.3) is 0 Å². The van der Waals surface area contributed by atoms with Crippen LogP contribution in [0, 0.1) is 17.4 Å². The smallest absolute Gasteiger partial charge is 0.169 e. The molecule has 29 heavy (non-hydrogen) atoms. The molecule has 144 valence electrons. The van der Waals surface area contributed by atoms with Crippen LogP contribution in [-0.4, -0.2) is 16.9 Å². The van der Waals surface area contributed by atoms with Gasteiger partial charge in [0.05, 0.1) is 5.69 Å². The lowest BCUT2D eigenvalue weighted by Crippen LogP contribution is -2.48. The standard InChI is InChI=1S/C26H25N3/c1-26(2,3)25-28(20-19-21-13-7-4-8-14-21)24(22-15-9-5-10-16-22)27-29(25)23-17-11-6-12-18-23/h4-18,25H,1-3H3/t25-/m0/s1. The molecular weight excluding hydrogens is 354 g/mol. The van der Waals surface area contributed by atoms with Crippen molar-refractivity contribution in [3.05, 3.63) is 102 Å². The van der Waals surface area contributed by atoms with Crippen molar-refractivity contribution in [2.75, 3.05) is 5.01 Å². The van der Waals surface area contributed by atoms with Gasteiger partial charge in [0, 0.05) is 22.6 Å². The summed E-state index contributed by atoms with van der Waals surface area (Å²) in [7, 11) is 0. The van der Waals surface area contributed by atoms with Crippen LogP contribution in [0.15, 0.2) is 96.1 Å². The van der Waals surface area contributed by atoms with Gasteiger partial charge in [-0.15, -0.1) is 0 Å². The largest absolute Gasteiger partial charge is 0.259 e. The highest BCUT2D eigenvalue weighted by Gasteiger charge is 2.42. The van der Waals surface area contributed by atoms with Gasteiger partial charge in [-0.1, -0.05) is 87.5 Å². The number of nitrogens with zero attached hydrogens (tertiary/aromatic N) is 3. The van der Waals surface area contributed by atoms with Crippen LogP contribution in [0.5, 0.6) is 0 Å². The number of anilines is 1. The van der Waals surface area contributed by atoms with Gasteiger partial charge in [-0.05, 0) is 30.2 Å². The average Bonchev–Trinajstić information content (AvgIpc) is 3.14. The Labute approximate surface area is 173 Å². The van der Waals surface area contributed by atoms with Crippen molar-refractivity contribution in [2.24, 2.45) is 10.5 Å². The number of rotatable bonds is 2. The molecule has 0 amide bonds. The minimum atomic E-state index is -0.0821. The second-order valence-electron chi connectivity index (χ2n) is 8.18. The number of hydrazone groups is 1. The van der Waals surface area contributed by atoms with E-state index in [0.29, 0.717) is 0 Å². The lowest BCUT2D eigenvalue weighted by Gasteiger charge is -2.37. The molecule has 1 heterocycles. The van der Waals surface area contributed by atoms with Crippen LogP contribution in [0.4, 0.5) is 5.69 Å². The predicted molar refractivity (Wildman–Crippen MR) is 120 cm³/mol.